The first-order valence-electron chi connectivity index (χ1n) is 7.17. The molecule has 0 saturated carbocycles. The standard InChI is InChI=1S/C16H19N3O2/c1-11-14(16(20)19(2)13-8-9-17-10-13)21-15(18-11)12-6-4-3-5-7-12/h3-7,13,17H,8-10H2,1-2H3. The van der Waals surface area contributed by atoms with E-state index in [1.54, 1.807) is 4.90 Å². The molecule has 1 atom stereocenters. The molecule has 0 bridgehead atoms. The van der Waals surface area contributed by atoms with Gasteiger partial charge in [0, 0.05) is 25.2 Å². The van der Waals surface area contributed by atoms with Crippen molar-refractivity contribution in [3.8, 4) is 11.5 Å². The van der Waals surface area contributed by atoms with Crippen molar-refractivity contribution in [2.24, 2.45) is 0 Å². The van der Waals surface area contributed by atoms with E-state index in [-0.39, 0.29) is 11.9 Å². The van der Waals surface area contributed by atoms with Gasteiger partial charge in [0.25, 0.3) is 5.91 Å². The van der Waals surface area contributed by atoms with Gasteiger partial charge in [-0.3, -0.25) is 4.79 Å². The summed E-state index contributed by atoms with van der Waals surface area (Å²) in [5.41, 5.74) is 1.52. The number of nitrogens with zero attached hydrogens (tertiary/aromatic N) is 2. The number of aromatic nitrogens is 1. The smallest absolute Gasteiger partial charge is 0.291 e. The Morgan fingerprint density at radius 1 is 1.38 bits per heavy atom. The van der Waals surface area contributed by atoms with Gasteiger partial charge in [-0.25, -0.2) is 4.98 Å². The summed E-state index contributed by atoms with van der Waals surface area (Å²) < 4.78 is 5.72. The lowest BCUT2D eigenvalue weighted by molar-refractivity contribution is 0.0711. The topological polar surface area (TPSA) is 58.4 Å². The number of rotatable bonds is 3. The molecular formula is C16H19N3O2. The Balaban J connectivity index is 1.85. The van der Waals surface area contributed by atoms with Crippen molar-refractivity contribution in [2.45, 2.75) is 19.4 Å². The minimum absolute atomic E-state index is 0.101. The minimum atomic E-state index is -0.101. The van der Waals surface area contributed by atoms with Crippen molar-refractivity contribution in [2.75, 3.05) is 20.1 Å². The van der Waals surface area contributed by atoms with E-state index in [9.17, 15) is 4.79 Å². The van der Waals surface area contributed by atoms with Gasteiger partial charge in [-0.2, -0.15) is 0 Å². The summed E-state index contributed by atoms with van der Waals surface area (Å²) >= 11 is 0. The maximum absolute atomic E-state index is 12.6. The van der Waals surface area contributed by atoms with Crippen molar-refractivity contribution < 1.29 is 9.21 Å². The zero-order valence-corrected chi connectivity index (χ0v) is 12.3. The lowest BCUT2D eigenvalue weighted by Crippen LogP contribution is -2.38. The first kappa shape index (κ1) is 13.8. The number of carbonyl (C=O) groups is 1. The van der Waals surface area contributed by atoms with Gasteiger partial charge >= 0.3 is 0 Å². The number of hydrogen-bond acceptors (Lipinski definition) is 4. The molecule has 1 unspecified atom stereocenters. The molecule has 5 heteroatoms. The first-order chi connectivity index (χ1) is 10.2. The number of benzene rings is 1. The van der Waals surface area contributed by atoms with E-state index in [0.717, 1.165) is 25.1 Å². The summed E-state index contributed by atoms with van der Waals surface area (Å²) in [4.78, 5) is 18.7. The van der Waals surface area contributed by atoms with Gasteiger partial charge in [-0.1, -0.05) is 18.2 Å². The molecular weight excluding hydrogens is 266 g/mol. The summed E-state index contributed by atoms with van der Waals surface area (Å²) in [7, 11) is 1.82. The predicted molar refractivity (Wildman–Crippen MR) is 80.0 cm³/mol. The van der Waals surface area contributed by atoms with Crippen LogP contribution in [0.15, 0.2) is 34.7 Å². The highest BCUT2D eigenvalue weighted by atomic mass is 16.4. The van der Waals surface area contributed by atoms with Gasteiger partial charge in [0.2, 0.25) is 11.7 Å². The average molecular weight is 285 g/mol. The number of likely N-dealkylation sites (N-methyl/N-ethyl adjacent to an activating group) is 1. The van der Waals surface area contributed by atoms with Crippen LogP contribution in [0.2, 0.25) is 0 Å². The van der Waals surface area contributed by atoms with E-state index in [1.807, 2.05) is 44.3 Å². The van der Waals surface area contributed by atoms with Crippen LogP contribution in [-0.2, 0) is 0 Å². The van der Waals surface area contributed by atoms with Crippen molar-refractivity contribution in [3.63, 3.8) is 0 Å². The first-order valence-corrected chi connectivity index (χ1v) is 7.17. The monoisotopic (exact) mass is 285 g/mol. The maximum atomic E-state index is 12.6. The molecule has 1 aliphatic rings. The normalized spacial score (nSPS) is 17.9. The molecule has 2 aromatic rings. The summed E-state index contributed by atoms with van der Waals surface area (Å²) in [6.07, 6.45) is 0.973. The highest BCUT2D eigenvalue weighted by Gasteiger charge is 2.28. The van der Waals surface area contributed by atoms with Gasteiger partial charge < -0.3 is 14.6 Å². The molecule has 1 fully saturated rings. The summed E-state index contributed by atoms with van der Waals surface area (Å²) in [6, 6.07) is 9.85. The van der Waals surface area contributed by atoms with E-state index < -0.39 is 0 Å². The quantitative estimate of drug-likeness (QED) is 0.938. The van der Waals surface area contributed by atoms with Gasteiger partial charge in [-0.05, 0) is 32.0 Å². The van der Waals surface area contributed by atoms with E-state index in [0.29, 0.717) is 17.3 Å². The average Bonchev–Trinajstić information content (AvgIpc) is 3.16. The van der Waals surface area contributed by atoms with Crippen LogP contribution in [-0.4, -0.2) is 42.0 Å². The SMILES string of the molecule is Cc1nc(-c2ccccc2)oc1C(=O)N(C)C1CCNC1. The molecule has 110 valence electrons. The molecule has 1 aromatic heterocycles. The van der Waals surface area contributed by atoms with Crippen LogP contribution in [0, 0.1) is 6.92 Å². The number of nitrogens with one attached hydrogen (secondary N) is 1. The van der Waals surface area contributed by atoms with Crippen molar-refractivity contribution in [1.29, 1.82) is 0 Å². The second-order valence-corrected chi connectivity index (χ2v) is 5.36. The van der Waals surface area contributed by atoms with Gasteiger partial charge in [0.05, 0.1) is 5.69 Å². The van der Waals surface area contributed by atoms with Gasteiger partial charge in [0.1, 0.15) is 0 Å². The second kappa shape index (κ2) is 5.69. The number of oxazole rings is 1. The number of aryl methyl sites for hydroxylation is 1. The predicted octanol–water partition coefficient (Wildman–Crippen LogP) is 2.08. The van der Waals surface area contributed by atoms with Crippen LogP contribution in [0.3, 0.4) is 0 Å². The van der Waals surface area contributed by atoms with Crippen LogP contribution >= 0.6 is 0 Å². The molecule has 0 aliphatic carbocycles. The van der Waals surface area contributed by atoms with Crippen molar-refractivity contribution in [3.05, 3.63) is 41.8 Å². The number of amides is 1. The van der Waals surface area contributed by atoms with Gasteiger partial charge in [0.15, 0.2) is 0 Å². The Labute approximate surface area is 124 Å². The Bertz CT molecular complexity index is 630. The fourth-order valence-electron chi connectivity index (χ4n) is 2.60. The van der Waals surface area contributed by atoms with E-state index in [4.69, 9.17) is 4.42 Å². The largest absolute Gasteiger partial charge is 0.431 e. The molecule has 1 amide bonds. The van der Waals surface area contributed by atoms with E-state index in [1.165, 1.54) is 0 Å². The van der Waals surface area contributed by atoms with E-state index >= 15 is 0 Å². The third kappa shape index (κ3) is 2.69. The van der Waals surface area contributed by atoms with Crippen LogP contribution in [0.4, 0.5) is 0 Å². The third-order valence-electron chi connectivity index (χ3n) is 3.91. The number of carbonyl (C=O) groups excluding carboxylic acids is 1. The van der Waals surface area contributed by atoms with Crippen molar-refractivity contribution >= 4 is 5.91 Å². The summed E-state index contributed by atoms with van der Waals surface area (Å²) in [5.74, 6) is 0.730. The highest BCUT2D eigenvalue weighted by Crippen LogP contribution is 2.23. The molecule has 2 heterocycles. The molecule has 1 aromatic carbocycles. The molecule has 3 rings (SSSR count). The molecule has 1 aliphatic heterocycles. The zero-order valence-electron chi connectivity index (χ0n) is 12.3. The molecule has 1 saturated heterocycles. The second-order valence-electron chi connectivity index (χ2n) is 5.36. The fourth-order valence-corrected chi connectivity index (χ4v) is 2.60. The summed E-state index contributed by atoms with van der Waals surface area (Å²) in [5, 5.41) is 3.27. The molecule has 0 radical (unpaired) electrons. The Morgan fingerprint density at radius 3 is 2.81 bits per heavy atom. The Kier molecular flexibility index (Phi) is 3.75. The zero-order chi connectivity index (χ0) is 14.8. The van der Waals surface area contributed by atoms with Crippen LogP contribution < -0.4 is 5.32 Å². The molecule has 5 nitrogen and oxygen atoms in total. The molecule has 0 spiro atoms. The fraction of sp³-hybridized carbons (Fsp3) is 0.375. The maximum Gasteiger partial charge on any atom is 0.291 e. The third-order valence-corrected chi connectivity index (χ3v) is 3.91. The Morgan fingerprint density at radius 2 is 2.14 bits per heavy atom. The number of hydrogen-bond donors (Lipinski definition) is 1. The minimum Gasteiger partial charge on any atom is -0.431 e. The molecule has 1 N–H and O–H groups in total. The summed E-state index contributed by atoms with van der Waals surface area (Å²) in [6.45, 7) is 3.60. The van der Waals surface area contributed by atoms with Crippen LogP contribution in [0.25, 0.3) is 11.5 Å². The lowest BCUT2D eigenvalue weighted by Gasteiger charge is -2.22. The van der Waals surface area contributed by atoms with Crippen LogP contribution in [0.5, 0.6) is 0 Å². The van der Waals surface area contributed by atoms with E-state index in [2.05, 4.69) is 10.3 Å². The Hall–Kier alpha value is -2.14. The van der Waals surface area contributed by atoms with Crippen LogP contribution in [0.1, 0.15) is 22.7 Å². The lowest BCUT2D eigenvalue weighted by atomic mass is 10.2. The molecule has 21 heavy (non-hydrogen) atoms. The highest BCUT2D eigenvalue weighted by molar-refractivity contribution is 5.93. The van der Waals surface area contributed by atoms with Crippen molar-refractivity contribution in [1.82, 2.24) is 15.2 Å². The van der Waals surface area contributed by atoms with Gasteiger partial charge in [-0.15, -0.1) is 0 Å².